The molecule has 3 rings (SSSR count). The van der Waals surface area contributed by atoms with Gasteiger partial charge in [-0.25, -0.2) is 19.4 Å². The Morgan fingerprint density at radius 2 is 1.92 bits per heavy atom. The number of rotatable bonds is 5. The van der Waals surface area contributed by atoms with E-state index in [2.05, 4.69) is 15.1 Å². The molecule has 0 unspecified atom stereocenters. The second-order valence-electron chi connectivity index (χ2n) is 5.82. The van der Waals surface area contributed by atoms with E-state index in [9.17, 15) is 9.90 Å². The number of nitrogens with zero attached hydrogens (tertiary/aromatic N) is 4. The van der Waals surface area contributed by atoms with Gasteiger partial charge in [0.1, 0.15) is 0 Å². The van der Waals surface area contributed by atoms with Crippen LogP contribution < -0.4 is 0 Å². The largest absolute Gasteiger partial charge is 0.478 e. The lowest BCUT2D eigenvalue weighted by molar-refractivity contribution is 0.0694. The molecule has 25 heavy (non-hydrogen) atoms. The standard InChI is InChI=1S/C19H18N4O2/c1-13(2)18-16(19(24)25)12-20-17(22-18)9-8-15-10-11-21-23(15)14-6-4-3-5-7-14/h3-13H,1-2H3,(H,24,25). The summed E-state index contributed by atoms with van der Waals surface area (Å²) in [6.45, 7) is 3.82. The molecular formula is C19H18N4O2. The van der Waals surface area contributed by atoms with Crippen molar-refractivity contribution in [2.24, 2.45) is 0 Å². The molecule has 2 aromatic heterocycles. The van der Waals surface area contributed by atoms with Gasteiger partial charge >= 0.3 is 5.97 Å². The van der Waals surface area contributed by atoms with Crippen molar-refractivity contribution >= 4 is 18.1 Å². The van der Waals surface area contributed by atoms with Gasteiger partial charge in [-0.05, 0) is 36.3 Å². The van der Waals surface area contributed by atoms with E-state index in [1.54, 1.807) is 12.3 Å². The first-order valence-electron chi connectivity index (χ1n) is 7.94. The summed E-state index contributed by atoms with van der Waals surface area (Å²) in [7, 11) is 0. The Morgan fingerprint density at radius 3 is 2.60 bits per heavy atom. The predicted octanol–water partition coefficient (Wildman–Crippen LogP) is 3.65. The highest BCUT2D eigenvalue weighted by Gasteiger charge is 2.15. The zero-order chi connectivity index (χ0) is 17.8. The topological polar surface area (TPSA) is 80.9 Å². The van der Waals surface area contributed by atoms with Crippen molar-refractivity contribution in [2.45, 2.75) is 19.8 Å². The van der Waals surface area contributed by atoms with Gasteiger partial charge in [0.05, 0.1) is 28.8 Å². The Kier molecular flexibility index (Phi) is 4.70. The van der Waals surface area contributed by atoms with Crippen molar-refractivity contribution < 1.29 is 9.90 Å². The molecule has 6 nitrogen and oxygen atoms in total. The Balaban J connectivity index is 1.92. The molecule has 0 bridgehead atoms. The number of hydrogen-bond acceptors (Lipinski definition) is 4. The van der Waals surface area contributed by atoms with E-state index in [0.29, 0.717) is 11.5 Å². The van der Waals surface area contributed by atoms with E-state index >= 15 is 0 Å². The number of hydrogen-bond donors (Lipinski definition) is 1. The summed E-state index contributed by atoms with van der Waals surface area (Å²) in [5.41, 5.74) is 2.50. The first-order valence-corrected chi connectivity index (χ1v) is 7.94. The van der Waals surface area contributed by atoms with Gasteiger partial charge in [0, 0.05) is 6.20 Å². The van der Waals surface area contributed by atoms with E-state index in [-0.39, 0.29) is 11.5 Å². The summed E-state index contributed by atoms with van der Waals surface area (Å²) in [6, 6.07) is 11.7. The fraction of sp³-hybridized carbons (Fsp3) is 0.158. The van der Waals surface area contributed by atoms with E-state index in [1.807, 2.05) is 61.0 Å². The lowest BCUT2D eigenvalue weighted by atomic mass is 10.1. The van der Waals surface area contributed by atoms with Gasteiger partial charge in [0.15, 0.2) is 5.82 Å². The van der Waals surface area contributed by atoms with Gasteiger partial charge in [-0.1, -0.05) is 32.0 Å². The summed E-state index contributed by atoms with van der Waals surface area (Å²) in [5, 5.41) is 13.6. The molecule has 126 valence electrons. The first kappa shape index (κ1) is 16.6. The van der Waals surface area contributed by atoms with Crippen LogP contribution in [0.15, 0.2) is 48.8 Å². The quantitative estimate of drug-likeness (QED) is 0.770. The molecule has 0 atom stereocenters. The minimum absolute atomic E-state index is 0.00361. The van der Waals surface area contributed by atoms with Crippen LogP contribution in [0.4, 0.5) is 0 Å². The third kappa shape index (κ3) is 3.63. The number of carboxylic acids is 1. The van der Waals surface area contributed by atoms with Crippen LogP contribution in [0.25, 0.3) is 17.8 Å². The highest BCUT2D eigenvalue weighted by Crippen LogP contribution is 2.18. The van der Waals surface area contributed by atoms with Crippen LogP contribution in [0.1, 0.15) is 47.3 Å². The minimum atomic E-state index is -1.01. The molecule has 0 saturated heterocycles. The maximum atomic E-state index is 11.3. The van der Waals surface area contributed by atoms with Crippen molar-refractivity contribution in [2.75, 3.05) is 0 Å². The third-order valence-electron chi connectivity index (χ3n) is 3.69. The second-order valence-corrected chi connectivity index (χ2v) is 5.82. The monoisotopic (exact) mass is 334 g/mol. The number of carboxylic acid groups (broad SMARTS) is 1. The van der Waals surface area contributed by atoms with Crippen LogP contribution in [0.5, 0.6) is 0 Å². The first-order chi connectivity index (χ1) is 12.1. The number of aromatic nitrogens is 4. The molecule has 0 aliphatic carbocycles. The molecule has 2 heterocycles. The van der Waals surface area contributed by atoms with Crippen LogP contribution in [0.3, 0.4) is 0 Å². The average Bonchev–Trinajstić information content (AvgIpc) is 3.09. The van der Waals surface area contributed by atoms with E-state index in [0.717, 1.165) is 11.4 Å². The molecule has 0 saturated carbocycles. The Bertz CT molecular complexity index is 914. The average molecular weight is 334 g/mol. The van der Waals surface area contributed by atoms with Crippen molar-refractivity contribution in [3.05, 3.63) is 71.6 Å². The normalized spacial score (nSPS) is 11.3. The molecule has 1 aromatic carbocycles. The summed E-state index contributed by atoms with van der Waals surface area (Å²) in [6.07, 6.45) is 6.70. The molecule has 6 heteroatoms. The van der Waals surface area contributed by atoms with Gasteiger partial charge in [-0.15, -0.1) is 0 Å². The number of aromatic carboxylic acids is 1. The zero-order valence-corrected chi connectivity index (χ0v) is 14.0. The van der Waals surface area contributed by atoms with Crippen LogP contribution >= 0.6 is 0 Å². The molecule has 1 N–H and O–H groups in total. The highest BCUT2D eigenvalue weighted by atomic mass is 16.4. The summed E-state index contributed by atoms with van der Waals surface area (Å²) in [4.78, 5) is 19.8. The van der Waals surface area contributed by atoms with Gasteiger partial charge < -0.3 is 5.11 Å². The minimum Gasteiger partial charge on any atom is -0.478 e. The van der Waals surface area contributed by atoms with Crippen LogP contribution in [-0.2, 0) is 0 Å². The molecule has 3 aromatic rings. The van der Waals surface area contributed by atoms with E-state index in [4.69, 9.17) is 0 Å². The van der Waals surface area contributed by atoms with Gasteiger partial charge in [-0.3, -0.25) is 0 Å². The van der Waals surface area contributed by atoms with Crippen molar-refractivity contribution in [1.82, 2.24) is 19.7 Å². The third-order valence-corrected chi connectivity index (χ3v) is 3.69. The van der Waals surface area contributed by atoms with Crippen molar-refractivity contribution in [3.8, 4) is 5.69 Å². The summed E-state index contributed by atoms with van der Waals surface area (Å²) in [5.74, 6) is -0.549. The smallest absolute Gasteiger partial charge is 0.339 e. The number of para-hydroxylation sites is 1. The molecule has 0 aliphatic rings. The van der Waals surface area contributed by atoms with Crippen molar-refractivity contribution in [3.63, 3.8) is 0 Å². The van der Waals surface area contributed by atoms with Crippen LogP contribution in [-0.4, -0.2) is 30.8 Å². The molecule has 0 radical (unpaired) electrons. The maximum Gasteiger partial charge on any atom is 0.339 e. The van der Waals surface area contributed by atoms with Crippen LogP contribution in [0.2, 0.25) is 0 Å². The number of carbonyl (C=O) groups is 1. The summed E-state index contributed by atoms with van der Waals surface area (Å²) >= 11 is 0. The highest BCUT2D eigenvalue weighted by molar-refractivity contribution is 5.88. The fourth-order valence-electron chi connectivity index (χ4n) is 2.48. The molecular weight excluding hydrogens is 316 g/mol. The molecule has 0 amide bonds. The maximum absolute atomic E-state index is 11.3. The van der Waals surface area contributed by atoms with E-state index in [1.165, 1.54) is 6.20 Å². The van der Waals surface area contributed by atoms with Gasteiger partial charge in [0.25, 0.3) is 0 Å². The van der Waals surface area contributed by atoms with Gasteiger partial charge in [0.2, 0.25) is 0 Å². The molecule has 0 fully saturated rings. The molecule has 0 spiro atoms. The number of benzene rings is 1. The fourth-order valence-corrected chi connectivity index (χ4v) is 2.48. The zero-order valence-electron chi connectivity index (χ0n) is 14.0. The Hall–Kier alpha value is -3.28. The van der Waals surface area contributed by atoms with E-state index < -0.39 is 5.97 Å². The Labute approximate surface area is 145 Å². The lowest BCUT2D eigenvalue weighted by Crippen LogP contribution is -2.08. The van der Waals surface area contributed by atoms with Crippen LogP contribution in [0, 0.1) is 0 Å². The molecule has 0 aliphatic heterocycles. The summed E-state index contributed by atoms with van der Waals surface area (Å²) < 4.78 is 1.81. The lowest BCUT2D eigenvalue weighted by Gasteiger charge is -2.08. The SMILES string of the molecule is CC(C)c1nc(C=Cc2ccnn2-c2ccccc2)ncc1C(=O)O. The second kappa shape index (κ2) is 7.09. The van der Waals surface area contributed by atoms with Gasteiger partial charge in [-0.2, -0.15) is 5.10 Å². The Morgan fingerprint density at radius 1 is 1.16 bits per heavy atom. The van der Waals surface area contributed by atoms with Crippen molar-refractivity contribution in [1.29, 1.82) is 0 Å². The predicted molar refractivity (Wildman–Crippen MR) is 95.6 cm³/mol.